The van der Waals surface area contributed by atoms with Crippen molar-refractivity contribution >= 4 is 33.2 Å². The second-order valence-electron chi connectivity index (χ2n) is 6.58. The molecule has 1 fully saturated rings. The zero-order valence-electron chi connectivity index (χ0n) is 12.5. The van der Waals surface area contributed by atoms with Gasteiger partial charge in [0.1, 0.15) is 4.90 Å². The Morgan fingerprint density at radius 2 is 1.67 bits per heavy atom. The normalized spacial score (nSPS) is 20.5. The maximum atomic E-state index is 12.6. The highest BCUT2D eigenvalue weighted by Gasteiger charge is 2.66. The Morgan fingerprint density at radius 1 is 1.14 bits per heavy atom. The Labute approximate surface area is 136 Å². The molecule has 21 heavy (non-hydrogen) atoms. The van der Waals surface area contributed by atoms with Crippen LogP contribution in [0.4, 0.5) is 0 Å². The van der Waals surface area contributed by atoms with Crippen LogP contribution < -0.4 is 10.5 Å². The van der Waals surface area contributed by atoms with Gasteiger partial charge >= 0.3 is 0 Å². The van der Waals surface area contributed by atoms with Crippen molar-refractivity contribution in [2.45, 2.75) is 45.2 Å². The second-order valence-corrected chi connectivity index (χ2v) is 9.07. The molecule has 0 aliphatic heterocycles. The molecule has 0 spiro atoms. The van der Waals surface area contributed by atoms with Gasteiger partial charge < -0.3 is 5.73 Å². The molecule has 0 saturated heterocycles. The van der Waals surface area contributed by atoms with Crippen LogP contribution in [-0.2, 0) is 16.6 Å². The number of benzene rings is 1. The first-order chi connectivity index (χ1) is 9.45. The van der Waals surface area contributed by atoms with Gasteiger partial charge in [0.2, 0.25) is 10.0 Å². The molecular weight excluding hydrogens is 331 g/mol. The van der Waals surface area contributed by atoms with E-state index < -0.39 is 10.0 Å². The van der Waals surface area contributed by atoms with Crippen LogP contribution in [0.5, 0.6) is 0 Å². The molecule has 7 heteroatoms. The summed E-state index contributed by atoms with van der Waals surface area (Å²) < 4.78 is 27.9. The van der Waals surface area contributed by atoms with Crippen LogP contribution >= 0.6 is 23.2 Å². The molecule has 1 aromatic rings. The van der Waals surface area contributed by atoms with E-state index in [1.807, 2.05) is 27.7 Å². The van der Waals surface area contributed by atoms with Crippen LogP contribution in [0.3, 0.4) is 0 Å². The average Bonchev–Trinajstić information content (AvgIpc) is 2.71. The largest absolute Gasteiger partial charge is 0.326 e. The Kier molecular flexibility index (Phi) is 4.14. The van der Waals surface area contributed by atoms with E-state index in [-0.39, 0.29) is 33.3 Å². The molecule has 0 bridgehead atoms. The van der Waals surface area contributed by atoms with Gasteiger partial charge in [-0.3, -0.25) is 0 Å². The van der Waals surface area contributed by atoms with Crippen molar-refractivity contribution in [3.05, 3.63) is 27.7 Å². The summed E-state index contributed by atoms with van der Waals surface area (Å²) in [6.07, 6.45) is 0. The summed E-state index contributed by atoms with van der Waals surface area (Å²) in [5.41, 5.74) is 5.92. The van der Waals surface area contributed by atoms with Gasteiger partial charge in [0.05, 0.1) is 5.02 Å². The molecule has 0 atom stereocenters. The van der Waals surface area contributed by atoms with Crippen molar-refractivity contribution in [1.82, 2.24) is 4.72 Å². The van der Waals surface area contributed by atoms with Gasteiger partial charge in [-0.05, 0) is 28.5 Å². The summed E-state index contributed by atoms with van der Waals surface area (Å²) in [5.74, 6) is 0. The summed E-state index contributed by atoms with van der Waals surface area (Å²) in [7, 11) is -3.72. The van der Waals surface area contributed by atoms with Gasteiger partial charge in [-0.2, -0.15) is 0 Å². The number of sulfonamides is 1. The van der Waals surface area contributed by atoms with Crippen LogP contribution in [0, 0.1) is 10.8 Å². The lowest BCUT2D eigenvalue weighted by Crippen LogP contribution is -2.30. The van der Waals surface area contributed by atoms with E-state index in [0.29, 0.717) is 10.6 Å². The molecule has 2 rings (SSSR count). The van der Waals surface area contributed by atoms with Crippen molar-refractivity contribution in [1.29, 1.82) is 0 Å². The molecule has 0 unspecified atom stereocenters. The highest BCUT2D eigenvalue weighted by atomic mass is 35.5. The van der Waals surface area contributed by atoms with E-state index in [0.717, 1.165) is 0 Å². The van der Waals surface area contributed by atoms with E-state index in [4.69, 9.17) is 28.9 Å². The quantitative estimate of drug-likeness (QED) is 0.875. The van der Waals surface area contributed by atoms with Crippen molar-refractivity contribution in [2.75, 3.05) is 0 Å². The van der Waals surface area contributed by atoms with Gasteiger partial charge in [0.25, 0.3) is 0 Å². The third-order valence-corrected chi connectivity index (χ3v) is 7.14. The molecule has 0 radical (unpaired) electrons. The molecule has 1 aliphatic rings. The summed E-state index contributed by atoms with van der Waals surface area (Å²) in [4.78, 5) is 0.0208. The maximum absolute atomic E-state index is 12.6. The van der Waals surface area contributed by atoms with Gasteiger partial charge in [-0.1, -0.05) is 50.9 Å². The lowest BCUT2D eigenvalue weighted by Gasteiger charge is -2.12. The minimum Gasteiger partial charge on any atom is -0.326 e. The fourth-order valence-corrected chi connectivity index (χ4v) is 5.05. The summed E-state index contributed by atoms with van der Waals surface area (Å²) in [6, 6.07) is 2.72. The van der Waals surface area contributed by atoms with Gasteiger partial charge in [-0.25, -0.2) is 13.1 Å². The fraction of sp³-hybridized carbons (Fsp3) is 0.571. The van der Waals surface area contributed by atoms with Crippen LogP contribution in [0.1, 0.15) is 33.3 Å². The van der Waals surface area contributed by atoms with Gasteiger partial charge in [0.15, 0.2) is 0 Å². The van der Waals surface area contributed by atoms with E-state index in [2.05, 4.69) is 4.72 Å². The third-order valence-electron chi connectivity index (χ3n) is 4.90. The zero-order valence-corrected chi connectivity index (χ0v) is 14.8. The standard InChI is InChI=1S/C14H20Cl2N2O2S/c1-13(2)12(14(13,3)4)18-21(19,20)11-5-8(7-17)9(15)6-10(11)16/h5-6,12,18H,7,17H2,1-4H3. The van der Waals surface area contributed by atoms with E-state index in [9.17, 15) is 8.42 Å². The Bertz CT molecular complexity index is 670. The maximum Gasteiger partial charge on any atom is 0.242 e. The average molecular weight is 351 g/mol. The summed E-state index contributed by atoms with van der Waals surface area (Å²) >= 11 is 12.0. The lowest BCUT2D eigenvalue weighted by atomic mass is 10.0. The lowest BCUT2D eigenvalue weighted by molar-refractivity contribution is 0.457. The highest BCUT2D eigenvalue weighted by molar-refractivity contribution is 7.89. The van der Waals surface area contributed by atoms with Gasteiger partial charge in [-0.15, -0.1) is 0 Å². The molecule has 0 aromatic heterocycles. The Morgan fingerprint density at radius 3 is 2.10 bits per heavy atom. The van der Waals surface area contributed by atoms with Crippen molar-refractivity contribution in [3.63, 3.8) is 0 Å². The minimum atomic E-state index is -3.72. The van der Waals surface area contributed by atoms with Crippen LogP contribution in [0.25, 0.3) is 0 Å². The fourth-order valence-electron chi connectivity index (χ4n) is 2.64. The minimum absolute atomic E-state index is 0.0208. The molecule has 4 nitrogen and oxygen atoms in total. The number of hydrogen-bond donors (Lipinski definition) is 2. The first-order valence-electron chi connectivity index (χ1n) is 6.65. The molecule has 1 saturated carbocycles. The molecule has 118 valence electrons. The summed E-state index contributed by atoms with van der Waals surface area (Å²) in [6.45, 7) is 8.30. The topological polar surface area (TPSA) is 72.2 Å². The molecule has 0 amide bonds. The number of halogens is 2. The molecule has 1 aliphatic carbocycles. The predicted octanol–water partition coefficient (Wildman–Crippen LogP) is 3.17. The predicted molar refractivity (Wildman–Crippen MR) is 86.0 cm³/mol. The van der Waals surface area contributed by atoms with Crippen LogP contribution in [0.2, 0.25) is 10.0 Å². The smallest absolute Gasteiger partial charge is 0.242 e. The third kappa shape index (κ3) is 2.70. The van der Waals surface area contributed by atoms with Gasteiger partial charge in [0, 0.05) is 17.6 Å². The summed E-state index contributed by atoms with van der Waals surface area (Å²) in [5, 5.41) is 0.467. The zero-order chi connectivity index (χ0) is 16.2. The van der Waals surface area contributed by atoms with E-state index >= 15 is 0 Å². The van der Waals surface area contributed by atoms with Crippen LogP contribution in [-0.4, -0.2) is 14.5 Å². The SMILES string of the molecule is CC1(C)C(NS(=O)(=O)c2cc(CN)c(Cl)cc2Cl)C1(C)C. The number of rotatable bonds is 4. The first kappa shape index (κ1) is 17.0. The number of nitrogens with one attached hydrogen (secondary N) is 1. The monoisotopic (exact) mass is 350 g/mol. The van der Waals surface area contributed by atoms with Crippen molar-refractivity contribution < 1.29 is 8.42 Å². The number of hydrogen-bond acceptors (Lipinski definition) is 3. The van der Waals surface area contributed by atoms with Crippen molar-refractivity contribution in [3.8, 4) is 0 Å². The second kappa shape index (κ2) is 5.10. The highest BCUT2D eigenvalue weighted by Crippen LogP contribution is 2.63. The molecule has 1 aromatic carbocycles. The Balaban J connectivity index is 2.38. The first-order valence-corrected chi connectivity index (χ1v) is 8.89. The van der Waals surface area contributed by atoms with Crippen molar-refractivity contribution in [2.24, 2.45) is 16.6 Å². The van der Waals surface area contributed by atoms with Crippen LogP contribution in [0.15, 0.2) is 17.0 Å². The van der Waals surface area contributed by atoms with E-state index in [1.165, 1.54) is 12.1 Å². The number of nitrogens with two attached hydrogens (primary N) is 1. The van der Waals surface area contributed by atoms with E-state index in [1.54, 1.807) is 0 Å². The molecule has 0 heterocycles. The molecule has 3 N–H and O–H groups in total. The Hall–Kier alpha value is -0.330. The molecular formula is C14H20Cl2N2O2S.